The molecule has 19 heavy (non-hydrogen) atoms. The summed E-state index contributed by atoms with van der Waals surface area (Å²) in [5.74, 6) is 0.962. The molecule has 1 aromatic rings. The van der Waals surface area contributed by atoms with Crippen LogP contribution in [-0.2, 0) is 5.41 Å². The highest BCUT2D eigenvalue weighted by Crippen LogP contribution is 2.26. The third kappa shape index (κ3) is 3.95. The lowest BCUT2D eigenvalue weighted by Gasteiger charge is -2.35. The van der Waals surface area contributed by atoms with E-state index in [9.17, 15) is 0 Å². The highest BCUT2D eigenvalue weighted by atomic mass is 16.5. The number of nitrogens with one attached hydrogen (secondary N) is 1. The SMILES string of the molecule is CCOc1ccc(C(C)(C)CN2CCNCC2)cc1. The molecule has 0 saturated carbocycles. The number of rotatable bonds is 5. The number of benzene rings is 1. The molecular formula is C16H26N2O. The van der Waals surface area contributed by atoms with Crippen molar-refractivity contribution in [1.29, 1.82) is 0 Å². The Balaban J connectivity index is 2.00. The summed E-state index contributed by atoms with van der Waals surface area (Å²) in [7, 11) is 0. The van der Waals surface area contributed by atoms with E-state index in [1.165, 1.54) is 5.56 Å². The number of piperazine rings is 1. The quantitative estimate of drug-likeness (QED) is 0.881. The largest absolute Gasteiger partial charge is 0.494 e. The van der Waals surface area contributed by atoms with Crippen molar-refractivity contribution in [2.24, 2.45) is 0 Å². The van der Waals surface area contributed by atoms with Gasteiger partial charge in [-0.2, -0.15) is 0 Å². The zero-order valence-electron chi connectivity index (χ0n) is 12.4. The Labute approximate surface area is 116 Å². The van der Waals surface area contributed by atoms with Crippen molar-refractivity contribution in [3.8, 4) is 5.75 Å². The summed E-state index contributed by atoms with van der Waals surface area (Å²) in [6.45, 7) is 13.0. The molecule has 0 spiro atoms. The first-order valence-electron chi connectivity index (χ1n) is 7.28. The molecule has 1 N–H and O–H groups in total. The highest BCUT2D eigenvalue weighted by Gasteiger charge is 2.24. The van der Waals surface area contributed by atoms with Crippen LogP contribution in [0.1, 0.15) is 26.3 Å². The molecule has 0 radical (unpaired) electrons. The molecule has 0 atom stereocenters. The van der Waals surface area contributed by atoms with E-state index in [1.807, 2.05) is 6.92 Å². The molecule has 0 amide bonds. The van der Waals surface area contributed by atoms with Gasteiger partial charge in [0.1, 0.15) is 5.75 Å². The van der Waals surface area contributed by atoms with E-state index in [-0.39, 0.29) is 5.41 Å². The van der Waals surface area contributed by atoms with Gasteiger partial charge in [0, 0.05) is 38.1 Å². The van der Waals surface area contributed by atoms with Gasteiger partial charge < -0.3 is 10.1 Å². The van der Waals surface area contributed by atoms with Crippen LogP contribution in [0.4, 0.5) is 0 Å². The second-order valence-corrected chi connectivity index (χ2v) is 5.87. The summed E-state index contributed by atoms with van der Waals surface area (Å²) in [4.78, 5) is 2.55. The first-order chi connectivity index (χ1) is 9.12. The van der Waals surface area contributed by atoms with Gasteiger partial charge in [-0.3, -0.25) is 4.90 Å². The summed E-state index contributed by atoms with van der Waals surface area (Å²) in [5, 5.41) is 3.40. The number of ether oxygens (including phenoxy) is 1. The van der Waals surface area contributed by atoms with Crippen molar-refractivity contribution >= 4 is 0 Å². The lowest BCUT2D eigenvalue weighted by Crippen LogP contribution is -2.47. The maximum Gasteiger partial charge on any atom is 0.119 e. The van der Waals surface area contributed by atoms with Crippen molar-refractivity contribution in [2.75, 3.05) is 39.3 Å². The fourth-order valence-electron chi connectivity index (χ4n) is 2.69. The Morgan fingerprint density at radius 1 is 1.16 bits per heavy atom. The Bertz CT molecular complexity index is 380. The lowest BCUT2D eigenvalue weighted by molar-refractivity contribution is 0.200. The van der Waals surface area contributed by atoms with Crippen LogP contribution >= 0.6 is 0 Å². The second-order valence-electron chi connectivity index (χ2n) is 5.87. The van der Waals surface area contributed by atoms with Gasteiger partial charge in [-0.15, -0.1) is 0 Å². The van der Waals surface area contributed by atoms with Crippen molar-refractivity contribution in [1.82, 2.24) is 10.2 Å². The Kier molecular flexibility index (Phi) is 4.83. The fraction of sp³-hybridized carbons (Fsp3) is 0.625. The van der Waals surface area contributed by atoms with Crippen molar-refractivity contribution in [3.63, 3.8) is 0 Å². The van der Waals surface area contributed by atoms with Crippen molar-refractivity contribution in [2.45, 2.75) is 26.2 Å². The van der Waals surface area contributed by atoms with Crippen LogP contribution in [0.5, 0.6) is 5.75 Å². The monoisotopic (exact) mass is 262 g/mol. The molecule has 0 aromatic heterocycles. The second kappa shape index (κ2) is 6.40. The summed E-state index contributed by atoms with van der Waals surface area (Å²) >= 11 is 0. The molecule has 1 aromatic carbocycles. The lowest BCUT2D eigenvalue weighted by atomic mass is 9.84. The Morgan fingerprint density at radius 2 is 1.79 bits per heavy atom. The zero-order chi connectivity index (χ0) is 13.7. The molecule has 2 rings (SSSR count). The average molecular weight is 262 g/mol. The number of hydrogen-bond donors (Lipinski definition) is 1. The topological polar surface area (TPSA) is 24.5 Å². The molecule has 106 valence electrons. The van der Waals surface area contributed by atoms with Gasteiger partial charge in [0.25, 0.3) is 0 Å². The summed E-state index contributed by atoms with van der Waals surface area (Å²) in [6, 6.07) is 8.57. The molecule has 1 fully saturated rings. The molecule has 1 heterocycles. The van der Waals surface area contributed by atoms with E-state index in [0.717, 1.165) is 45.1 Å². The smallest absolute Gasteiger partial charge is 0.119 e. The summed E-state index contributed by atoms with van der Waals surface area (Å²) in [5.41, 5.74) is 1.57. The standard InChI is InChI=1S/C16H26N2O/c1-4-19-15-7-5-14(6-8-15)16(2,3)13-18-11-9-17-10-12-18/h5-8,17H,4,9-13H2,1-3H3. The molecule has 1 saturated heterocycles. The van der Waals surface area contributed by atoms with Gasteiger partial charge in [0.15, 0.2) is 0 Å². The van der Waals surface area contributed by atoms with Gasteiger partial charge in [-0.05, 0) is 24.6 Å². The maximum atomic E-state index is 5.50. The minimum Gasteiger partial charge on any atom is -0.494 e. The summed E-state index contributed by atoms with van der Waals surface area (Å²) in [6.07, 6.45) is 0. The normalized spacial score (nSPS) is 17.4. The molecule has 0 aliphatic carbocycles. The highest BCUT2D eigenvalue weighted by molar-refractivity contribution is 5.31. The van der Waals surface area contributed by atoms with Gasteiger partial charge in [0.05, 0.1) is 6.61 Å². The van der Waals surface area contributed by atoms with Crippen molar-refractivity contribution < 1.29 is 4.74 Å². The van der Waals surface area contributed by atoms with Crippen LogP contribution in [0.25, 0.3) is 0 Å². The van der Waals surface area contributed by atoms with Crippen molar-refractivity contribution in [3.05, 3.63) is 29.8 Å². The average Bonchev–Trinajstić information content (AvgIpc) is 2.40. The molecular weight excluding hydrogens is 236 g/mol. The maximum absolute atomic E-state index is 5.50. The predicted molar refractivity (Wildman–Crippen MR) is 79.9 cm³/mol. The first-order valence-corrected chi connectivity index (χ1v) is 7.28. The van der Waals surface area contributed by atoms with Crippen LogP contribution in [0.3, 0.4) is 0 Å². The number of nitrogens with zero attached hydrogens (tertiary/aromatic N) is 1. The Morgan fingerprint density at radius 3 is 2.37 bits per heavy atom. The zero-order valence-corrected chi connectivity index (χ0v) is 12.4. The fourth-order valence-corrected chi connectivity index (χ4v) is 2.69. The van der Waals surface area contributed by atoms with Crippen LogP contribution in [0.15, 0.2) is 24.3 Å². The van der Waals surface area contributed by atoms with E-state index < -0.39 is 0 Å². The van der Waals surface area contributed by atoms with Gasteiger partial charge in [-0.25, -0.2) is 0 Å². The third-order valence-electron chi connectivity index (χ3n) is 3.78. The van der Waals surface area contributed by atoms with Crippen LogP contribution in [-0.4, -0.2) is 44.2 Å². The van der Waals surface area contributed by atoms with E-state index in [4.69, 9.17) is 4.74 Å². The Hall–Kier alpha value is -1.06. The number of hydrogen-bond acceptors (Lipinski definition) is 3. The predicted octanol–water partition coefficient (Wildman–Crippen LogP) is 2.27. The minimum absolute atomic E-state index is 0.183. The van der Waals surface area contributed by atoms with E-state index in [1.54, 1.807) is 0 Å². The van der Waals surface area contributed by atoms with Gasteiger partial charge in [-0.1, -0.05) is 26.0 Å². The third-order valence-corrected chi connectivity index (χ3v) is 3.78. The van der Waals surface area contributed by atoms with E-state index >= 15 is 0 Å². The van der Waals surface area contributed by atoms with E-state index in [0.29, 0.717) is 0 Å². The first kappa shape index (κ1) is 14.4. The van der Waals surface area contributed by atoms with Crippen LogP contribution in [0, 0.1) is 0 Å². The minimum atomic E-state index is 0.183. The molecule has 1 aliphatic heterocycles. The van der Waals surface area contributed by atoms with Crippen LogP contribution < -0.4 is 10.1 Å². The summed E-state index contributed by atoms with van der Waals surface area (Å²) < 4.78 is 5.50. The molecule has 0 bridgehead atoms. The van der Waals surface area contributed by atoms with Crippen LogP contribution in [0.2, 0.25) is 0 Å². The molecule has 1 aliphatic rings. The van der Waals surface area contributed by atoms with E-state index in [2.05, 4.69) is 48.3 Å². The molecule has 0 unspecified atom stereocenters. The van der Waals surface area contributed by atoms with Gasteiger partial charge in [0.2, 0.25) is 0 Å². The molecule has 3 heteroatoms. The molecule has 3 nitrogen and oxygen atoms in total. The van der Waals surface area contributed by atoms with Gasteiger partial charge >= 0.3 is 0 Å².